The zero-order valence-corrected chi connectivity index (χ0v) is 10.5. The topological polar surface area (TPSA) is 43.9 Å². The fourth-order valence-electron chi connectivity index (χ4n) is 1.47. The molecule has 5 heteroatoms. The van der Waals surface area contributed by atoms with Crippen molar-refractivity contribution in [3.8, 4) is 0 Å². The first kappa shape index (κ1) is 10.4. The summed E-state index contributed by atoms with van der Waals surface area (Å²) in [4.78, 5) is 0. The van der Waals surface area contributed by atoms with Gasteiger partial charge in [0.2, 0.25) is 0 Å². The fourth-order valence-corrected chi connectivity index (χ4v) is 1.76. The normalized spacial score (nSPS) is 10.9. The minimum atomic E-state index is 0.648. The second-order valence-electron chi connectivity index (χ2n) is 3.57. The van der Waals surface area contributed by atoms with Gasteiger partial charge in [-0.3, -0.25) is 4.68 Å². The van der Waals surface area contributed by atoms with Crippen LogP contribution in [0.2, 0.25) is 0 Å². The fraction of sp³-hybridized carbons (Fsp3) is 0.400. The average Bonchev–Trinajstić information content (AvgIpc) is 2.68. The molecule has 0 saturated heterocycles. The molecule has 4 nitrogen and oxygen atoms in total. The second kappa shape index (κ2) is 3.81. The van der Waals surface area contributed by atoms with Crippen LogP contribution in [0, 0.1) is 20.8 Å². The minimum Gasteiger partial charge on any atom is -0.361 e. The molecule has 2 aromatic rings. The summed E-state index contributed by atoms with van der Waals surface area (Å²) >= 11 is 3.49. The zero-order chi connectivity index (χ0) is 11.0. The molecule has 0 aliphatic heterocycles. The van der Waals surface area contributed by atoms with E-state index in [0.29, 0.717) is 6.54 Å². The number of nitrogens with zero attached hydrogens (tertiary/aromatic N) is 3. The molecule has 0 aliphatic rings. The van der Waals surface area contributed by atoms with Gasteiger partial charge in [-0.2, -0.15) is 5.10 Å². The summed E-state index contributed by atoms with van der Waals surface area (Å²) in [5.41, 5.74) is 2.99. The molecule has 2 aromatic heterocycles. The van der Waals surface area contributed by atoms with Crippen LogP contribution >= 0.6 is 15.9 Å². The van der Waals surface area contributed by atoms with Crippen LogP contribution in [-0.2, 0) is 6.54 Å². The van der Waals surface area contributed by atoms with E-state index in [1.165, 1.54) is 0 Å². The Bertz CT molecular complexity index is 487. The monoisotopic (exact) mass is 269 g/mol. The standard InChI is InChI=1S/C10H12BrN3O/c1-6-4-9(13-15-6)5-14-8(3)10(11)7(2)12-14/h4H,5H2,1-3H3. The van der Waals surface area contributed by atoms with Crippen LogP contribution in [0.25, 0.3) is 0 Å². The Kier molecular flexibility index (Phi) is 2.65. The van der Waals surface area contributed by atoms with Crippen LogP contribution in [0.15, 0.2) is 15.1 Å². The van der Waals surface area contributed by atoms with Gasteiger partial charge in [0.15, 0.2) is 0 Å². The molecule has 80 valence electrons. The van der Waals surface area contributed by atoms with Crippen LogP contribution in [0.5, 0.6) is 0 Å². The maximum atomic E-state index is 5.01. The molecule has 0 spiro atoms. The summed E-state index contributed by atoms with van der Waals surface area (Å²) in [5, 5.41) is 8.34. The SMILES string of the molecule is Cc1cc(Cn2nc(C)c(Br)c2C)no1. The third-order valence-electron chi connectivity index (χ3n) is 2.28. The van der Waals surface area contributed by atoms with E-state index >= 15 is 0 Å². The number of hydrogen-bond acceptors (Lipinski definition) is 3. The Labute approximate surface area is 96.4 Å². The molecule has 0 N–H and O–H groups in total. The molecule has 0 radical (unpaired) electrons. The molecule has 0 saturated carbocycles. The van der Waals surface area contributed by atoms with Gasteiger partial charge in [-0.15, -0.1) is 0 Å². The molecular weight excluding hydrogens is 258 g/mol. The van der Waals surface area contributed by atoms with Crippen LogP contribution < -0.4 is 0 Å². The van der Waals surface area contributed by atoms with Crippen molar-refractivity contribution >= 4 is 15.9 Å². The summed E-state index contributed by atoms with van der Waals surface area (Å²) in [5.74, 6) is 0.825. The number of aromatic nitrogens is 3. The summed E-state index contributed by atoms with van der Waals surface area (Å²) in [7, 11) is 0. The number of hydrogen-bond donors (Lipinski definition) is 0. The van der Waals surface area contributed by atoms with Crippen LogP contribution in [0.1, 0.15) is 22.8 Å². The maximum absolute atomic E-state index is 5.01. The highest BCUT2D eigenvalue weighted by molar-refractivity contribution is 9.10. The van der Waals surface area contributed by atoms with Gasteiger partial charge in [-0.1, -0.05) is 5.16 Å². The highest BCUT2D eigenvalue weighted by Crippen LogP contribution is 2.20. The lowest BCUT2D eigenvalue weighted by molar-refractivity contribution is 0.387. The molecule has 2 rings (SSSR count). The van der Waals surface area contributed by atoms with Gasteiger partial charge in [0, 0.05) is 6.07 Å². The van der Waals surface area contributed by atoms with Gasteiger partial charge in [-0.05, 0) is 36.7 Å². The minimum absolute atomic E-state index is 0.648. The van der Waals surface area contributed by atoms with E-state index < -0.39 is 0 Å². The van der Waals surface area contributed by atoms with Gasteiger partial charge in [0.05, 0.1) is 22.4 Å². The molecule has 0 aliphatic carbocycles. The molecule has 0 atom stereocenters. The summed E-state index contributed by atoms with van der Waals surface area (Å²) in [6.07, 6.45) is 0. The second-order valence-corrected chi connectivity index (χ2v) is 4.36. The third kappa shape index (κ3) is 1.97. The Morgan fingerprint density at radius 1 is 1.40 bits per heavy atom. The predicted octanol–water partition coefficient (Wildman–Crippen LogP) is 2.61. The van der Waals surface area contributed by atoms with Crippen molar-refractivity contribution in [1.29, 1.82) is 0 Å². The Hall–Kier alpha value is -1.10. The lowest BCUT2D eigenvalue weighted by Gasteiger charge is -1.99. The third-order valence-corrected chi connectivity index (χ3v) is 3.43. The van der Waals surface area contributed by atoms with Crippen LogP contribution in [0.3, 0.4) is 0 Å². The highest BCUT2D eigenvalue weighted by atomic mass is 79.9. The molecule has 0 bridgehead atoms. The summed E-state index contributed by atoms with van der Waals surface area (Å²) in [6, 6.07) is 1.92. The molecule has 0 amide bonds. The average molecular weight is 270 g/mol. The van der Waals surface area contributed by atoms with E-state index in [1.54, 1.807) is 0 Å². The maximum Gasteiger partial charge on any atom is 0.133 e. The molecule has 15 heavy (non-hydrogen) atoms. The largest absolute Gasteiger partial charge is 0.361 e. The van der Waals surface area contributed by atoms with E-state index in [-0.39, 0.29) is 0 Å². The summed E-state index contributed by atoms with van der Waals surface area (Å²) < 4.78 is 7.98. The zero-order valence-electron chi connectivity index (χ0n) is 8.91. The van der Waals surface area contributed by atoms with Crippen LogP contribution in [0.4, 0.5) is 0 Å². The van der Waals surface area contributed by atoms with Crippen molar-refractivity contribution in [2.45, 2.75) is 27.3 Å². The van der Waals surface area contributed by atoms with E-state index in [1.807, 2.05) is 31.5 Å². The molecule has 2 heterocycles. The van der Waals surface area contributed by atoms with E-state index in [2.05, 4.69) is 26.2 Å². The van der Waals surface area contributed by atoms with Crippen molar-refractivity contribution in [3.63, 3.8) is 0 Å². The van der Waals surface area contributed by atoms with Gasteiger partial charge < -0.3 is 4.52 Å². The molecular formula is C10H12BrN3O. The Morgan fingerprint density at radius 2 is 2.13 bits per heavy atom. The van der Waals surface area contributed by atoms with Gasteiger partial charge in [-0.25, -0.2) is 0 Å². The molecule has 0 fully saturated rings. The van der Waals surface area contributed by atoms with E-state index in [4.69, 9.17) is 4.52 Å². The predicted molar refractivity (Wildman–Crippen MR) is 59.7 cm³/mol. The highest BCUT2D eigenvalue weighted by Gasteiger charge is 2.10. The van der Waals surface area contributed by atoms with E-state index in [9.17, 15) is 0 Å². The number of aryl methyl sites for hydroxylation is 2. The number of rotatable bonds is 2. The quantitative estimate of drug-likeness (QED) is 0.842. The Morgan fingerprint density at radius 3 is 2.60 bits per heavy atom. The van der Waals surface area contributed by atoms with Crippen LogP contribution in [-0.4, -0.2) is 14.9 Å². The van der Waals surface area contributed by atoms with Crippen molar-refractivity contribution in [2.24, 2.45) is 0 Å². The van der Waals surface area contributed by atoms with Crippen molar-refractivity contribution < 1.29 is 4.52 Å². The van der Waals surface area contributed by atoms with Crippen molar-refractivity contribution in [2.75, 3.05) is 0 Å². The first-order chi connectivity index (χ1) is 7.08. The van der Waals surface area contributed by atoms with Gasteiger partial charge >= 0.3 is 0 Å². The van der Waals surface area contributed by atoms with E-state index in [0.717, 1.165) is 27.3 Å². The summed E-state index contributed by atoms with van der Waals surface area (Å²) in [6.45, 7) is 6.53. The Balaban J connectivity index is 2.28. The first-order valence-electron chi connectivity index (χ1n) is 4.69. The lowest BCUT2D eigenvalue weighted by atomic mass is 10.3. The smallest absolute Gasteiger partial charge is 0.133 e. The van der Waals surface area contributed by atoms with Crippen molar-refractivity contribution in [1.82, 2.24) is 14.9 Å². The molecule has 0 aromatic carbocycles. The first-order valence-corrected chi connectivity index (χ1v) is 5.49. The lowest BCUT2D eigenvalue weighted by Crippen LogP contribution is -2.04. The van der Waals surface area contributed by atoms with Gasteiger partial charge in [0.1, 0.15) is 11.5 Å². The van der Waals surface area contributed by atoms with Crippen molar-refractivity contribution in [3.05, 3.63) is 33.4 Å². The van der Waals surface area contributed by atoms with Gasteiger partial charge in [0.25, 0.3) is 0 Å². The molecule has 0 unspecified atom stereocenters. The number of halogens is 1.